The van der Waals surface area contributed by atoms with Crippen molar-refractivity contribution in [3.63, 3.8) is 0 Å². The van der Waals surface area contributed by atoms with Crippen molar-refractivity contribution in [2.75, 3.05) is 52.7 Å². The maximum Gasteiger partial charge on any atom is 0.257 e. The van der Waals surface area contributed by atoms with E-state index in [0.717, 1.165) is 41.3 Å². The average molecular weight is 699 g/mol. The van der Waals surface area contributed by atoms with Crippen molar-refractivity contribution >= 4 is 50.9 Å². The number of carbonyl (C=O) groups excluding carboxylic acids is 4. The van der Waals surface area contributed by atoms with Gasteiger partial charge in [-0.1, -0.05) is 6.07 Å². The van der Waals surface area contributed by atoms with Crippen LogP contribution < -0.4 is 29.6 Å². The average Bonchev–Trinajstić information content (AvgIpc) is 3.10. The van der Waals surface area contributed by atoms with E-state index >= 15 is 0 Å². The number of hydrogen-bond acceptors (Lipinski definition) is 8. The van der Waals surface area contributed by atoms with Gasteiger partial charge in [0.15, 0.2) is 17.2 Å². The van der Waals surface area contributed by atoms with E-state index in [9.17, 15) is 19.2 Å². The van der Waals surface area contributed by atoms with Crippen LogP contribution in [0.3, 0.4) is 0 Å². The van der Waals surface area contributed by atoms with Gasteiger partial charge in [0.2, 0.25) is 17.6 Å². The fourth-order valence-corrected chi connectivity index (χ4v) is 5.14. The number of anilines is 2. The molecule has 0 fully saturated rings. The van der Waals surface area contributed by atoms with Crippen LogP contribution in [-0.4, -0.2) is 81.6 Å². The van der Waals surface area contributed by atoms with Gasteiger partial charge in [-0.05, 0) is 71.2 Å². The molecule has 0 unspecified atom stereocenters. The molecule has 4 rings (SSSR count). The highest BCUT2D eigenvalue weighted by molar-refractivity contribution is 9.10. The fraction of sp³-hybridized carbons (Fsp3) is 0.312. The number of likely N-dealkylation sites (N-methyl/N-ethyl adjacent to an activating group) is 1. The SMILES string of the molecule is [2H]C([2H])([2H])Oc1cc(C(=O)Nc2cc3c(cc2Oc2cc(C)cc(C)c2)C(=O)N(C)[C@@H](CC(=O)N(C([2H])([2H])[2H])C([2H])([2H])[2H])C(=O)N3)c(Br)c(OC([2H])([2H])[2H])c1OC([2H])([2H])[2H]. The summed E-state index contributed by atoms with van der Waals surface area (Å²) in [6, 6.07) is 6.15. The lowest BCUT2D eigenvalue weighted by atomic mass is 10.1. The van der Waals surface area contributed by atoms with Crippen molar-refractivity contribution < 1.29 is 58.7 Å². The Morgan fingerprint density at radius 1 is 0.978 bits per heavy atom. The maximum absolute atomic E-state index is 14.2. The molecule has 3 aromatic rings. The maximum atomic E-state index is 14.2. The molecule has 13 heteroatoms. The number of ether oxygens (including phenoxy) is 4. The molecule has 1 aliphatic heterocycles. The van der Waals surface area contributed by atoms with Crippen LogP contribution in [0.15, 0.2) is 40.9 Å². The van der Waals surface area contributed by atoms with Crippen molar-refractivity contribution in [3.05, 3.63) is 63.1 Å². The molecule has 0 aliphatic carbocycles. The molecule has 1 aliphatic rings. The summed E-state index contributed by atoms with van der Waals surface area (Å²) >= 11 is 3.03. The second-order valence-electron chi connectivity index (χ2n) is 9.83. The summed E-state index contributed by atoms with van der Waals surface area (Å²) in [5.41, 5.74) is -0.0324. The van der Waals surface area contributed by atoms with Crippen LogP contribution in [0.2, 0.25) is 0 Å². The number of fused-ring (bicyclic) bond motifs is 1. The number of nitrogens with zero attached hydrogens (tertiary/aromatic N) is 2. The molecule has 3 aromatic carbocycles. The van der Waals surface area contributed by atoms with Crippen molar-refractivity contribution in [3.8, 4) is 28.7 Å². The molecule has 0 bridgehead atoms. The minimum Gasteiger partial charge on any atom is -0.493 e. The summed E-state index contributed by atoms with van der Waals surface area (Å²) in [4.78, 5) is 55.3. The van der Waals surface area contributed by atoms with Crippen molar-refractivity contribution in [2.24, 2.45) is 0 Å². The number of hydrogen-bond donors (Lipinski definition) is 2. The van der Waals surface area contributed by atoms with E-state index in [1.165, 1.54) is 0 Å². The van der Waals surface area contributed by atoms with Crippen molar-refractivity contribution in [1.29, 1.82) is 0 Å². The normalized spacial score (nSPS) is 20.5. The standard InChI is InChI=1S/C32H35BrN4O8/c1-16-9-17(2)11-18(10-16)45-24-12-19-21(34-31(40)23(37(5)32(19)41)15-26(38)36(3)4)14-22(24)35-30(39)20-13-25(42-6)28(43-7)29(44-8)27(20)33/h9-14,23H,15H2,1-8H3,(H,34,40)(H,35,39)/t23-/m0/s1/i3D3,4D3,6D3,7D3,8D3. The monoisotopic (exact) mass is 697 g/mol. The Labute approximate surface area is 290 Å². The third kappa shape index (κ3) is 6.83. The van der Waals surface area contributed by atoms with E-state index in [2.05, 4.69) is 26.6 Å². The van der Waals surface area contributed by atoms with Crippen LogP contribution in [0, 0.1) is 13.8 Å². The van der Waals surface area contributed by atoms with E-state index in [1.807, 2.05) is 6.07 Å². The summed E-state index contributed by atoms with van der Waals surface area (Å²) < 4.78 is 134. The Balaban J connectivity index is 1.89. The number of methoxy groups -OCH3 is 3. The number of amides is 4. The van der Waals surface area contributed by atoms with Gasteiger partial charge < -0.3 is 39.4 Å². The van der Waals surface area contributed by atoms with Gasteiger partial charge >= 0.3 is 0 Å². The summed E-state index contributed by atoms with van der Waals surface area (Å²) in [7, 11) is -8.85. The largest absolute Gasteiger partial charge is 0.493 e. The summed E-state index contributed by atoms with van der Waals surface area (Å²) in [6.07, 6.45) is -1.08. The lowest BCUT2D eigenvalue weighted by Gasteiger charge is -2.25. The van der Waals surface area contributed by atoms with Gasteiger partial charge in [-0.25, -0.2) is 0 Å². The smallest absolute Gasteiger partial charge is 0.257 e. The third-order valence-corrected chi connectivity index (χ3v) is 7.47. The quantitative estimate of drug-likeness (QED) is 0.319. The van der Waals surface area contributed by atoms with E-state index in [0.29, 0.717) is 0 Å². The van der Waals surface area contributed by atoms with Crippen LogP contribution in [0.5, 0.6) is 28.7 Å². The first-order valence-electron chi connectivity index (χ1n) is 20.3. The Hall–Kier alpha value is -4.78. The third-order valence-electron chi connectivity index (χ3n) is 6.69. The molecule has 1 heterocycles. The van der Waals surface area contributed by atoms with Crippen LogP contribution in [-0.2, 0) is 9.59 Å². The molecule has 0 saturated heterocycles. The predicted molar refractivity (Wildman–Crippen MR) is 172 cm³/mol. The zero-order chi connectivity index (χ0) is 45.7. The summed E-state index contributed by atoms with van der Waals surface area (Å²) in [5.74, 6) is -7.72. The highest BCUT2D eigenvalue weighted by atomic mass is 79.9. The lowest BCUT2D eigenvalue weighted by molar-refractivity contribution is -0.132. The van der Waals surface area contributed by atoms with E-state index in [-0.39, 0.29) is 33.3 Å². The molecular weight excluding hydrogens is 648 g/mol. The Morgan fingerprint density at radius 3 is 2.33 bits per heavy atom. The van der Waals surface area contributed by atoms with Gasteiger partial charge in [0, 0.05) is 29.2 Å². The molecule has 238 valence electrons. The molecule has 2 N–H and O–H groups in total. The van der Waals surface area contributed by atoms with Gasteiger partial charge in [0.25, 0.3) is 11.8 Å². The highest BCUT2D eigenvalue weighted by Crippen LogP contribution is 2.45. The molecule has 0 aromatic heterocycles. The number of halogens is 1. The number of rotatable bonds is 9. The van der Waals surface area contributed by atoms with E-state index in [1.54, 1.807) is 26.0 Å². The lowest BCUT2D eigenvalue weighted by Crippen LogP contribution is -2.45. The Morgan fingerprint density at radius 2 is 1.67 bits per heavy atom. The number of nitrogens with one attached hydrogen (secondary N) is 2. The van der Waals surface area contributed by atoms with Gasteiger partial charge in [0.05, 0.1) is 66.8 Å². The second kappa shape index (κ2) is 13.5. The minimum atomic E-state index is -3.44. The van der Waals surface area contributed by atoms with Crippen LogP contribution >= 0.6 is 15.9 Å². The molecule has 1 atom stereocenters. The first-order chi connectivity index (χ1) is 27.1. The minimum absolute atomic E-state index is 0.188. The van der Waals surface area contributed by atoms with E-state index < -0.39 is 98.4 Å². The van der Waals surface area contributed by atoms with E-state index in [4.69, 9.17) is 39.5 Å². The molecule has 0 radical (unpaired) electrons. The summed E-state index contributed by atoms with van der Waals surface area (Å²) in [5, 5.41) is 4.89. The Bertz CT molecular complexity index is 2170. The van der Waals surface area contributed by atoms with Crippen LogP contribution in [0.25, 0.3) is 0 Å². The summed E-state index contributed by atoms with van der Waals surface area (Å²) in [6.45, 7) is -3.38. The first kappa shape index (κ1) is 18.3. The van der Waals surface area contributed by atoms with Gasteiger partial charge in [-0.15, -0.1) is 0 Å². The molecule has 12 nitrogen and oxygen atoms in total. The first-order valence-corrected chi connectivity index (χ1v) is 13.5. The molecule has 0 saturated carbocycles. The molecule has 45 heavy (non-hydrogen) atoms. The van der Waals surface area contributed by atoms with Gasteiger partial charge in [-0.3, -0.25) is 19.2 Å². The fourth-order valence-electron chi connectivity index (χ4n) is 4.58. The topological polar surface area (TPSA) is 136 Å². The Kier molecular flexibility index (Phi) is 5.46. The van der Waals surface area contributed by atoms with Gasteiger partial charge in [-0.2, -0.15) is 0 Å². The van der Waals surface area contributed by atoms with Crippen LogP contribution in [0.1, 0.15) is 58.8 Å². The van der Waals surface area contributed by atoms with Crippen molar-refractivity contribution in [2.45, 2.75) is 26.3 Å². The highest BCUT2D eigenvalue weighted by Gasteiger charge is 2.36. The van der Waals surface area contributed by atoms with Crippen LogP contribution in [0.4, 0.5) is 11.4 Å². The molecule has 4 amide bonds. The zero-order valence-corrected chi connectivity index (χ0v) is 25.4. The number of carbonyl (C=O) groups is 4. The molecule has 0 spiro atoms. The predicted octanol–water partition coefficient (Wildman–Crippen LogP) is 5.01. The zero-order valence-electron chi connectivity index (χ0n) is 38.8. The van der Waals surface area contributed by atoms with Gasteiger partial charge in [0.1, 0.15) is 11.8 Å². The molecular formula is C32H35BrN4O8. The number of benzene rings is 3. The van der Waals surface area contributed by atoms with Crippen molar-refractivity contribution in [1.82, 2.24) is 9.80 Å². The second-order valence-corrected chi connectivity index (χ2v) is 10.6. The number of aryl methyl sites for hydroxylation is 2.